The second-order valence-electron chi connectivity index (χ2n) is 6.62. The largest absolute Gasteiger partial charge is 0.296 e. The van der Waals surface area contributed by atoms with E-state index in [1.54, 1.807) is 25.1 Å². The van der Waals surface area contributed by atoms with Crippen molar-refractivity contribution in [3.63, 3.8) is 0 Å². The fourth-order valence-corrected chi connectivity index (χ4v) is 5.18. The third-order valence-electron chi connectivity index (χ3n) is 4.39. The number of thiazole rings is 1. The molecule has 0 aliphatic rings. The number of benzene rings is 2. The highest BCUT2D eigenvalue weighted by molar-refractivity contribution is 7.90. The van der Waals surface area contributed by atoms with Crippen molar-refractivity contribution in [2.75, 3.05) is 5.32 Å². The van der Waals surface area contributed by atoms with Gasteiger partial charge in [-0.2, -0.15) is 0 Å². The zero-order valence-electron chi connectivity index (χ0n) is 16.0. The number of hydrogen-bond acceptors (Lipinski definition) is 7. The molecule has 1 N–H and O–H groups in total. The smallest absolute Gasteiger partial charge is 0.277 e. The summed E-state index contributed by atoms with van der Waals surface area (Å²) in [6, 6.07) is 11.1. The van der Waals surface area contributed by atoms with Crippen LogP contribution in [0.1, 0.15) is 21.6 Å². The van der Waals surface area contributed by atoms with E-state index in [2.05, 4.69) is 20.3 Å². The average molecular weight is 477 g/mol. The minimum absolute atomic E-state index is 0.112. The fraction of sp³-hybridized carbons (Fsp3) is 0.100. The number of aryl methyl sites for hydroxylation is 1. The van der Waals surface area contributed by atoms with Gasteiger partial charge < -0.3 is 0 Å². The number of amides is 1. The highest BCUT2D eigenvalue weighted by atomic mass is 35.5. The lowest BCUT2D eigenvalue weighted by Gasteiger charge is -2.08. The van der Waals surface area contributed by atoms with Crippen molar-refractivity contribution in [3.05, 3.63) is 76.3 Å². The molecule has 0 aliphatic heterocycles. The predicted molar refractivity (Wildman–Crippen MR) is 117 cm³/mol. The minimum atomic E-state index is -3.92. The molecule has 2 aromatic carbocycles. The molecule has 0 saturated heterocycles. The lowest BCUT2D eigenvalue weighted by molar-refractivity contribution is 0.102. The van der Waals surface area contributed by atoms with Gasteiger partial charge in [0.15, 0.2) is 10.8 Å². The molecule has 0 fully saturated rings. The SMILES string of the molecule is Cc1ccccc1CS(=O)(=O)c1ncc(Cl)c(C(=O)Nc2nc3ccc(F)cc3s2)n1. The van der Waals surface area contributed by atoms with Crippen LogP contribution in [-0.2, 0) is 15.6 Å². The van der Waals surface area contributed by atoms with Crippen LogP contribution in [0.4, 0.5) is 9.52 Å². The molecule has 158 valence electrons. The summed E-state index contributed by atoms with van der Waals surface area (Å²) in [4.78, 5) is 24.6. The van der Waals surface area contributed by atoms with Crippen molar-refractivity contribution in [2.24, 2.45) is 0 Å². The Balaban J connectivity index is 1.62. The van der Waals surface area contributed by atoms with Gasteiger partial charge in [0.1, 0.15) is 5.82 Å². The molecular formula is C20H14ClFN4O3S2. The van der Waals surface area contributed by atoms with Crippen molar-refractivity contribution in [3.8, 4) is 0 Å². The number of sulfone groups is 1. The summed E-state index contributed by atoms with van der Waals surface area (Å²) in [7, 11) is -3.92. The van der Waals surface area contributed by atoms with Gasteiger partial charge in [-0.05, 0) is 36.2 Å². The van der Waals surface area contributed by atoms with Crippen LogP contribution >= 0.6 is 22.9 Å². The molecule has 7 nitrogen and oxygen atoms in total. The van der Waals surface area contributed by atoms with Crippen molar-refractivity contribution in [1.29, 1.82) is 0 Å². The van der Waals surface area contributed by atoms with Gasteiger partial charge in [0.2, 0.25) is 15.0 Å². The molecule has 4 aromatic rings. The van der Waals surface area contributed by atoms with E-state index in [0.717, 1.165) is 23.1 Å². The Morgan fingerprint density at radius 1 is 1.19 bits per heavy atom. The Morgan fingerprint density at radius 2 is 1.97 bits per heavy atom. The topological polar surface area (TPSA) is 102 Å². The Bertz CT molecular complexity index is 1420. The number of nitrogens with one attached hydrogen (secondary N) is 1. The monoisotopic (exact) mass is 476 g/mol. The third-order valence-corrected chi connectivity index (χ3v) is 7.05. The number of halogens is 2. The van der Waals surface area contributed by atoms with E-state index < -0.39 is 26.7 Å². The van der Waals surface area contributed by atoms with Gasteiger partial charge in [0.25, 0.3) is 5.91 Å². The number of rotatable bonds is 5. The van der Waals surface area contributed by atoms with Crippen molar-refractivity contribution in [1.82, 2.24) is 15.0 Å². The van der Waals surface area contributed by atoms with E-state index in [4.69, 9.17) is 11.6 Å². The molecule has 4 rings (SSSR count). The van der Waals surface area contributed by atoms with Crippen LogP contribution in [-0.4, -0.2) is 29.3 Å². The molecular weight excluding hydrogens is 463 g/mol. The Labute approximate surface area is 185 Å². The first-order valence-electron chi connectivity index (χ1n) is 8.90. The molecule has 0 unspecified atom stereocenters. The van der Waals surface area contributed by atoms with Gasteiger partial charge in [-0.25, -0.2) is 27.8 Å². The van der Waals surface area contributed by atoms with Gasteiger partial charge in [0.05, 0.1) is 27.2 Å². The molecule has 1 amide bonds. The first kappa shape index (κ1) is 21.3. The van der Waals surface area contributed by atoms with Gasteiger partial charge in [-0.15, -0.1) is 0 Å². The molecule has 0 radical (unpaired) electrons. The van der Waals surface area contributed by atoms with Crippen LogP contribution < -0.4 is 5.32 Å². The first-order chi connectivity index (χ1) is 14.7. The molecule has 2 heterocycles. The van der Waals surface area contributed by atoms with Crippen LogP contribution in [0.2, 0.25) is 5.02 Å². The summed E-state index contributed by atoms with van der Waals surface area (Å²) in [5.41, 5.74) is 1.63. The number of aromatic nitrogens is 3. The Morgan fingerprint density at radius 3 is 2.74 bits per heavy atom. The van der Waals surface area contributed by atoms with Crippen LogP contribution in [0.3, 0.4) is 0 Å². The second-order valence-corrected chi connectivity index (χ2v) is 9.94. The van der Waals surface area contributed by atoms with E-state index in [1.165, 1.54) is 18.2 Å². The molecule has 0 atom stereocenters. The number of anilines is 1. The fourth-order valence-electron chi connectivity index (χ4n) is 2.81. The molecule has 0 aliphatic carbocycles. The van der Waals surface area contributed by atoms with E-state index in [0.29, 0.717) is 15.8 Å². The molecule has 0 saturated carbocycles. The highest BCUT2D eigenvalue weighted by Gasteiger charge is 2.24. The predicted octanol–water partition coefficient (Wildman–Crippen LogP) is 4.41. The lowest BCUT2D eigenvalue weighted by atomic mass is 10.1. The van der Waals surface area contributed by atoms with Gasteiger partial charge in [-0.1, -0.05) is 47.2 Å². The maximum absolute atomic E-state index is 13.4. The number of fused-ring (bicyclic) bond motifs is 1. The summed E-state index contributed by atoms with van der Waals surface area (Å²) in [5, 5.41) is 2.11. The van der Waals surface area contributed by atoms with Gasteiger partial charge >= 0.3 is 0 Å². The van der Waals surface area contributed by atoms with E-state index in [9.17, 15) is 17.6 Å². The molecule has 11 heteroatoms. The first-order valence-corrected chi connectivity index (χ1v) is 11.7. The maximum atomic E-state index is 13.4. The van der Waals surface area contributed by atoms with Crippen LogP contribution in [0.5, 0.6) is 0 Å². The summed E-state index contributed by atoms with van der Waals surface area (Å²) in [6.07, 6.45) is 1.07. The van der Waals surface area contributed by atoms with Gasteiger partial charge in [-0.3, -0.25) is 10.1 Å². The number of carbonyl (C=O) groups excluding carboxylic acids is 1. The van der Waals surface area contributed by atoms with Gasteiger partial charge in [0, 0.05) is 0 Å². The Hall–Kier alpha value is -2.95. The molecule has 0 bridgehead atoms. The van der Waals surface area contributed by atoms with Crippen molar-refractivity contribution in [2.45, 2.75) is 17.8 Å². The number of carbonyl (C=O) groups is 1. The number of hydrogen-bond donors (Lipinski definition) is 1. The van der Waals surface area contributed by atoms with Crippen molar-refractivity contribution < 1.29 is 17.6 Å². The maximum Gasteiger partial charge on any atom is 0.277 e. The zero-order valence-corrected chi connectivity index (χ0v) is 18.4. The third kappa shape index (κ3) is 4.55. The molecule has 31 heavy (non-hydrogen) atoms. The lowest BCUT2D eigenvalue weighted by Crippen LogP contribution is -2.18. The molecule has 2 aromatic heterocycles. The van der Waals surface area contributed by atoms with E-state index in [1.807, 2.05) is 6.07 Å². The summed E-state index contributed by atoms with van der Waals surface area (Å²) >= 11 is 7.11. The molecule has 0 spiro atoms. The Kier molecular flexibility index (Phi) is 5.69. The standard InChI is InChI=1S/C20H14ClFN4O3S2/c1-11-4-2-3-5-12(11)10-31(28,29)20-23-9-14(21)17(25-20)18(27)26-19-24-15-7-6-13(22)8-16(15)30-19/h2-9H,10H2,1H3,(H,24,26,27). The summed E-state index contributed by atoms with van der Waals surface area (Å²) < 4.78 is 39.5. The summed E-state index contributed by atoms with van der Waals surface area (Å²) in [6.45, 7) is 1.80. The van der Waals surface area contributed by atoms with Crippen molar-refractivity contribution >= 4 is 54.0 Å². The zero-order chi connectivity index (χ0) is 22.2. The van der Waals surface area contributed by atoms with Crippen LogP contribution in [0.25, 0.3) is 10.2 Å². The van der Waals surface area contributed by atoms with Crippen LogP contribution in [0.15, 0.2) is 53.8 Å². The normalized spacial score (nSPS) is 11.6. The van der Waals surface area contributed by atoms with E-state index >= 15 is 0 Å². The van der Waals surface area contributed by atoms with Crippen LogP contribution in [0, 0.1) is 12.7 Å². The quantitative estimate of drug-likeness (QED) is 0.428. The number of nitrogens with zero attached hydrogens (tertiary/aromatic N) is 3. The summed E-state index contributed by atoms with van der Waals surface area (Å²) in [5.74, 6) is -1.48. The minimum Gasteiger partial charge on any atom is -0.296 e. The van der Waals surface area contributed by atoms with E-state index in [-0.39, 0.29) is 21.6 Å². The average Bonchev–Trinajstić information content (AvgIpc) is 3.11. The second kappa shape index (κ2) is 8.29. The highest BCUT2D eigenvalue weighted by Crippen LogP contribution is 2.27.